The van der Waals surface area contributed by atoms with Gasteiger partial charge in [-0.25, -0.2) is 4.39 Å². The Balaban J connectivity index is 0.707. The van der Waals surface area contributed by atoms with E-state index in [1.165, 1.54) is 12.1 Å². The van der Waals surface area contributed by atoms with Crippen molar-refractivity contribution in [2.24, 2.45) is 0 Å². The smallest absolute Gasteiger partial charge is 0.241 e. The monoisotopic (exact) mass is 1060 g/mol. The van der Waals surface area contributed by atoms with Crippen LogP contribution in [-0.4, -0.2) is 190 Å². The van der Waals surface area contributed by atoms with Crippen molar-refractivity contribution in [3.8, 4) is 0 Å². The number of methoxy groups -OCH3 is 1. The lowest BCUT2D eigenvalue weighted by atomic mass is 9.90. The van der Waals surface area contributed by atoms with Gasteiger partial charge in [-0.1, -0.05) is 62.4 Å². The van der Waals surface area contributed by atoms with Crippen molar-refractivity contribution in [2.75, 3.05) is 156 Å². The molecule has 2 aliphatic heterocycles. The fourth-order valence-corrected chi connectivity index (χ4v) is 9.60. The SMILES string of the molecule is COC[C@H]1CN[C@H](C)CN1CC(=O)N1CC(C)(C)c2nc(CN(C)CCOCCOCCOCCOCCOCCOCCNC[C@@H](C(=O)Nc3ccc4cnccc4c3)c3ccccc3)c(Cc3ccc(F)cc3)cc21. The second-order valence-corrected chi connectivity index (χ2v) is 20.5. The van der Waals surface area contributed by atoms with Gasteiger partial charge < -0.3 is 54.0 Å². The lowest BCUT2D eigenvalue weighted by Gasteiger charge is -2.39. The number of likely N-dealkylation sites (N-methyl/N-ethyl adjacent to an activating group) is 1. The van der Waals surface area contributed by atoms with Gasteiger partial charge in [0.05, 0.1) is 115 Å². The van der Waals surface area contributed by atoms with Gasteiger partial charge in [0, 0.05) is 93.9 Å². The molecule has 3 N–H and O–H groups in total. The number of halogens is 1. The van der Waals surface area contributed by atoms with Gasteiger partial charge in [-0.15, -0.1) is 0 Å². The first-order chi connectivity index (χ1) is 37.5. The Labute approximate surface area is 454 Å². The van der Waals surface area contributed by atoms with Crippen LogP contribution in [0.25, 0.3) is 10.8 Å². The molecule has 0 bridgehead atoms. The number of anilines is 2. The van der Waals surface area contributed by atoms with Crippen LogP contribution >= 0.6 is 0 Å². The van der Waals surface area contributed by atoms with Gasteiger partial charge in [-0.2, -0.15) is 0 Å². The normalized spacial score (nSPS) is 16.8. The first kappa shape index (κ1) is 59.3. The molecule has 5 aromatic rings. The predicted molar refractivity (Wildman–Crippen MR) is 297 cm³/mol. The van der Waals surface area contributed by atoms with E-state index in [0.717, 1.165) is 63.3 Å². The minimum absolute atomic E-state index is 0.0522. The molecule has 77 heavy (non-hydrogen) atoms. The van der Waals surface area contributed by atoms with Gasteiger partial charge in [0.2, 0.25) is 11.8 Å². The Morgan fingerprint density at radius 3 is 2.17 bits per heavy atom. The van der Waals surface area contributed by atoms with Crippen LogP contribution in [-0.2, 0) is 61.1 Å². The Morgan fingerprint density at radius 2 is 1.49 bits per heavy atom. The van der Waals surface area contributed by atoms with E-state index in [1.54, 1.807) is 19.5 Å². The Kier molecular flexibility index (Phi) is 24.1. The summed E-state index contributed by atoms with van der Waals surface area (Å²) < 4.78 is 53.7. The molecule has 18 heteroatoms. The van der Waals surface area contributed by atoms with Crippen LogP contribution in [0.4, 0.5) is 15.8 Å². The quantitative estimate of drug-likeness (QED) is 0.0420. The van der Waals surface area contributed by atoms with Crippen molar-refractivity contribution in [3.05, 3.63) is 131 Å². The van der Waals surface area contributed by atoms with E-state index in [2.05, 4.69) is 64.6 Å². The average Bonchev–Trinajstić information content (AvgIpc) is 3.73. The van der Waals surface area contributed by atoms with Gasteiger partial charge in [0.15, 0.2) is 0 Å². The molecule has 2 amide bonds. The number of nitrogens with zero attached hydrogens (tertiary/aromatic N) is 5. The Morgan fingerprint density at radius 1 is 0.831 bits per heavy atom. The standard InChI is InChI=1S/C59H81FN8O9/c1-44-39-67(52(37-63-44)42-71-5)41-56(69)68-43-59(2,3)57-55(68)35-49(33-45-11-14-50(60)15-12-45)54(65-57)40-66(4)20-22-73-24-26-75-28-30-77-32-31-76-29-27-74-25-23-72-21-19-62-38-53(46-9-7-6-8-10-46)58(70)64-51-16-13-48-36-61-18-17-47(48)34-51/h6-18,34-36,44,52-53,62-63H,19-33,37-43H2,1-5H3,(H,64,70)/t44-,52-,53-/m1/s1. The number of pyridine rings is 2. The van der Waals surface area contributed by atoms with Crippen molar-refractivity contribution in [3.63, 3.8) is 0 Å². The summed E-state index contributed by atoms with van der Waals surface area (Å²) in [6.45, 7) is 17.3. The summed E-state index contributed by atoms with van der Waals surface area (Å²) in [5.41, 5.74) is 6.03. The zero-order chi connectivity index (χ0) is 54.2. The molecule has 2 aromatic heterocycles. The van der Waals surface area contributed by atoms with Crippen LogP contribution in [0.2, 0.25) is 0 Å². The molecule has 418 valence electrons. The fourth-order valence-electron chi connectivity index (χ4n) is 9.60. The molecule has 1 fully saturated rings. The number of ether oxygens (including phenoxy) is 7. The molecule has 1 saturated heterocycles. The third kappa shape index (κ3) is 18.9. The summed E-state index contributed by atoms with van der Waals surface area (Å²) in [5.74, 6) is -0.673. The van der Waals surface area contributed by atoms with E-state index in [1.807, 2.05) is 71.6 Å². The molecule has 7 rings (SSSR count). The van der Waals surface area contributed by atoms with E-state index in [9.17, 15) is 14.0 Å². The molecule has 3 atom stereocenters. The van der Waals surface area contributed by atoms with E-state index in [-0.39, 0.29) is 41.0 Å². The zero-order valence-electron chi connectivity index (χ0n) is 45.8. The maximum Gasteiger partial charge on any atom is 0.241 e. The van der Waals surface area contributed by atoms with Crippen LogP contribution in [0.3, 0.4) is 0 Å². The molecule has 17 nitrogen and oxygen atoms in total. The van der Waals surface area contributed by atoms with Crippen molar-refractivity contribution in [2.45, 2.75) is 57.2 Å². The number of piperazine rings is 1. The lowest BCUT2D eigenvalue weighted by Crippen LogP contribution is -2.59. The summed E-state index contributed by atoms with van der Waals surface area (Å²) in [6, 6.07) is 26.6. The largest absolute Gasteiger partial charge is 0.383 e. The number of nitrogens with one attached hydrogen (secondary N) is 3. The summed E-state index contributed by atoms with van der Waals surface area (Å²) in [5, 5.41) is 12.0. The maximum absolute atomic E-state index is 14.1. The average molecular weight is 1070 g/mol. The number of hydrogen-bond acceptors (Lipinski definition) is 15. The summed E-state index contributed by atoms with van der Waals surface area (Å²) in [7, 11) is 3.75. The second kappa shape index (κ2) is 31.3. The molecule has 0 aliphatic carbocycles. The van der Waals surface area contributed by atoms with Gasteiger partial charge in [-0.3, -0.25) is 29.4 Å². The highest BCUT2D eigenvalue weighted by Crippen LogP contribution is 2.41. The molecular formula is C59H81FN8O9. The highest BCUT2D eigenvalue weighted by Gasteiger charge is 2.41. The third-order valence-corrected chi connectivity index (χ3v) is 13.8. The number of aromatic nitrogens is 2. The Bertz CT molecular complexity index is 2560. The van der Waals surface area contributed by atoms with Crippen LogP contribution in [0.1, 0.15) is 54.8 Å². The first-order valence-corrected chi connectivity index (χ1v) is 27.1. The molecule has 4 heterocycles. The number of carbonyl (C=O) groups is 2. The van der Waals surface area contributed by atoms with Crippen molar-refractivity contribution in [1.82, 2.24) is 30.4 Å². The van der Waals surface area contributed by atoms with Gasteiger partial charge in [0.25, 0.3) is 0 Å². The van der Waals surface area contributed by atoms with Gasteiger partial charge in [0.1, 0.15) is 5.82 Å². The van der Waals surface area contributed by atoms with Gasteiger partial charge in [-0.05, 0) is 78.9 Å². The predicted octanol–water partition coefficient (Wildman–Crippen LogP) is 5.84. The topological polar surface area (TPSA) is 170 Å². The van der Waals surface area contributed by atoms with Crippen molar-refractivity contribution in [1.29, 1.82) is 0 Å². The molecule has 2 aliphatic rings. The van der Waals surface area contributed by atoms with E-state index in [4.69, 9.17) is 38.1 Å². The van der Waals surface area contributed by atoms with Crippen molar-refractivity contribution < 1.29 is 47.1 Å². The minimum atomic E-state index is -0.370. The number of hydrogen-bond donors (Lipinski definition) is 3. The molecule has 3 aromatic carbocycles. The number of rotatable bonds is 34. The third-order valence-electron chi connectivity index (χ3n) is 13.8. The number of amides is 2. The first-order valence-electron chi connectivity index (χ1n) is 27.1. The van der Waals surface area contributed by atoms with Crippen molar-refractivity contribution >= 4 is 34.0 Å². The summed E-state index contributed by atoms with van der Waals surface area (Å²) in [6.07, 6.45) is 4.11. The van der Waals surface area contributed by atoms with E-state index < -0.39 is 0 Å². The molecular weight excluding hydrogens is 984 g/mol. The number of carbonyl (C=O) groups excluding carboxylic acids is 2. The maximum atomic E-state index is 14.1. The summed E-state index contributed by atoms with van der Waals surface area (Å²) in [4.78, 5) is 43.3. The fraction of sp³-hybridized carbons (Fsp3) is 0.525. The van der Waals surface area contributed by atoms with Gasteiger partial charge >= 0.3 is 0 Å². The number of fused-ring (bicyclic) bond motifs is 2. The van der Waals surface area contributed by atoms with Crippen LogP contribution in [0, 0.1) is 5.82 Å². The van der Waals surface area contributed by atoms with E-state index >= 15 is 0 Å². The van der Waals surface area contributed by atoms with Crippen LogP contribution < -0.4 is 20.9 Å². The highest BCUT2D eigenvalue weighted by molar-refractivity contribution is 5.98. The zero-order valence-corrected chi connectivity index (χ0v) is 45.8. The van der Waals surface area contributed by atoms with Crippen LogP contribution in [0.15, 0.2) is 97.3 Å². The van der Waals surface area contributed by atoms with Crippen LogP contribution in [0.5, 0.6) is 0 Å². The highest BCUT2D eigenvalue weighted by atomic mass is 19.1. The van der Waals surface area contributed by atoms with E-state index in [0.29, 0.717) is 132 Å². The Hall–Kier alpha value is -5.35. The lowest BCUT2D eigenvalue weighted by molar-refractivity contribution is -0.121. The molecule has 0 radical (unpaired) electrons. The number of benzene rings is 3. The molecule has 0 saturated carbocycles. The minimum Gasteiger partial charge on any atom is -0.383 e. The summed E-state index contributed by atoms with van der Waals surface area (Å²) >= 11 is 0. The second-order valence-electron chi connectivity index (χ2n) is 20.5. The molecule has 0 spiro atoms. The molecule has 0 unspecified atom stereocenters.